The number of H-pyrrole nitrogens is 1. The van der Waals surface area contributed by atoms with Gasteiger partial charge in [0.2, 0.25) is 0 Å². The van der Waals surface area contributed by atoms with Gasteiger partial charge in [0, 0.05) is 36.7 Å². The zero-order valence-electron chi connectivity index (χ0n) is 18.5. The molecule has 8 nitrogen and oxygen atoms in total. The molecule has 4 rings (SSSR count). The van der Waals surface area contributed by atoms with Gasteiger partial charge in [-0.25, -0.2) is 9.97 Å². The van der Waals surface area contributed by atoms with Gasteiger partial charge < -0.3 is 19.7 Å². The van der Waals surface area contributed by atoms with E-state index in [2.05, 4.69) is 15.0 Å². The number of fused-ring (bicyclic) bond motifs is 1. The molecule has 2 N–H and O–H groups in total. The molecule has 0 aliphatic carbocycles. The number of benzene rings is 1. The van der Waals surface area contributed by atoms with Crippen LogP contribution in [0.5, 0.6) is 5.75 Å². The molecule has 2 aromatic heterocycles. The number of alkyl halides is 3. The quantitative estimate of drug-likeness (QED) is 0.585. The SMILES string of the molecule is Cc1nc2nc(C(F)(F)F)c(C(C)Oc3ccc(C(=O)N4CCC(CO)C4)cc3)cc2c(=O)[nH]1. The Balaban J connectivity index is 1.58. The number of carbonyl (C=O) groups excluding carboxylic acids is 1. The van der Waals surface area contributed by atoms with Gasteiger partial charge in [-0.15, -0.1) is 0 Å². The summed E-state index contributed by atoms with van der Waals surface area (Å²) >= 11 is 0. The normalized spacial score (nSPS) is 17.2. The number of aryl methyl sites for hydroxylation is 1. The predicted molar refractivity (Wildman–Crippen MR) is 116 cm³/mol. The first kappa shape index (κ1) is 23.7. The zero-order valence-corrected chi connectivity index (χ0v) is 18.5. The van der Waals surface area contributed by atoms with Crippen molar-refractivity contribution < 1.29 is 27.8 Å². The Bertz CT molecular complexity index is 1270. The molecule has 0 saturated carbocycles. The second kappa shape index (κ2) is 9.05. The molecule has 1 aromatic carbocycles. The highest BCUT2D eigenvalue weighted by Crippen LogP contribution is 2.36. The van der Waals surface area contributed by atoms with Crippen molar-refractivity contribution in [3.63, 3.8) is 0 Å². The number of aromatic amines is 1. The van der Waals surface area contributed by atoms with Crippen LogP contribution in [0.3, 0.4) is 0 Å². The number of rotatable bonds is 5. The van der Waals surface area contributed by atoms with Crippen molar-refractivity contribution in [2.24, 2.45) is 5.92 Å². The molecule has 3 aromatic rings. The van der Waals surface area contributed by atoms with E-state index in [-0.39, 0.29) is 46.6 Å². The highest BCUT2D eigenvalue weighted by molar-refractivity contribution is 5.94. The van der Waals surface area contributed by atoms with Crippen molar-refractivity contribution in [1.29, 1.82) is 0 Å². The van der Waals surface area contributed by atoms with E-state index < -0.39 is 23.5 Å². The van der Waals surface area contributed by atoms with Crippen LogP contribution in [-0.2, 0) is 6.18 Å². The third-order valence-corrected chi connectivity index (χ3v) is 5.80. The number of pyridine rings is 1. The van der Waals surface area contributed by atoms with Crippen LogP contribution in [-0.4, -0.2) is 50.6 Å². The highest BCUT2D eigenvalue weighted by Gasteiger charge is 2.38. The number of aromatic nitrogens is 3. The summed E-state index contributed by atoms with van der Waals surface area (Å²) in [5.74, 6) is 0.293. The van der Waals surface area contributed by atoms with Crippen LogP contribution in [0.2, 0.25) is 0 Å². The summed E-state index contributed by atoms with van der Waals surface area (Å²) in [6.45, 7) is 3.94. The largest absolute Gasteiger partial charge is 0.486 e. The van der Waals surface area contributed by atoms with Gasteiger partial charge in [-0.3, -0.25) is 9.59 Å². The summed E-state index contributed by atoms with van der Waals surface area (Å²) in [4.78, 5) is 36.5. The third-order valence-electron chi connectivity index (χ3n) is 5.80. The zero-order chi connectivity index (χ0) is 24.6. The van der Waals surface area contributed by atoms with Crippen molar-refractivity contribution in [2.75, 3.05) is 19.7 Å². The van der Waals surface area contributed by atoms with E-state index in [4.69, 9.17) is 4.74 Å². The molecule has 1 amide bonds. The van der Waals surface area contributed by atoms with Crippen molar-refractivity contribution in [3.05, 3.63) is 63.3 Å². The van der Waals surface area contributed by atoms with Crippen LogP contribution in [0.25, 0.3) is 11.0 Å². The number of halogens is 3. The molecule has 2 atom stereocenters. The molecule has 3 heterocycles. The molecule has 34 heavy (non-hydrogen) atoms. The van der Waals surface area contributed by atoms with Crippen molar-refractivity contribution >= 4 is 16.9 Å². The van der Waals surface area contributed by atoms with Gasteiger partial charge in [0.15, 0.2) is 11.3 Å². The predicted octanol–water partition coefficient (Wildman–Crippen LogP) is 3.24. The second-order valence-electron chi connectivity index (χ2n) is 8.32. The van der Waals surface area contributed by atoms with E-state index in [1.165, 1.54) is 38.1 Å². The van der Waals surface area contributed by atoms with E-state index in [0.717, 1.165) is 12.5 Å². The summed E-state index contributed by atoms with van der Waals surface area (Å²) in [5, 5.41) is 9.18. The molecule has 2 unspecified atom stereocenters. The van der Waals surface area contributed by atoms with Crippen LogP contribution in [0.4, 0.5) is 13.2 Å². The van der Waals surface area contributed by atoms with E-state index >= 15 is 0 Å². The minimum atomic E-state index is -4.78. The molecule has 0 radical (unpaired) electrons. The van der Waals surface area contributed by atoms with Crippen molar-refractivity contribution in [1.82, 2.24) is 19.9 Å². The Morgan fingerprint density at radius 2 is 2.00 bits per heavy atom. The van der Waals surface area contributed by atoms with Crippen LogP contribution in [0.15, 0.2) is 35.1 Å². The minimum absolute atomic E-state index is 0.0273. The van der Waals surface area contributed by atoms with Crippen LogP contribution in [0, 0.1) is 12.8 Å². The molecule has 1 fully saturated rings. The van der Waals surface area contributed by atoms with Gasteiger partial charge in [-0.2, -0.15) is 13.2 Å². The molecule has 1 aliphatic rings. The van der Waals surface area contributed by atoms with E-state index in [1.807, 2.05) is 0 Å². The van der Waals surface area contributed by atoms with Gasteiger partial charge in [0.05, 0.1) is 5.39 Å². The maximum Gasteiger partial charge on any atom is 0.433 e. The molecule has 0 spiro atoms. The Labute approximate surface area is 192 Å². The first-order valence-electron chi connectivity index (χ1n) is 10.7. The Kier molecular flexibility index (Phi) is 6.30. The lowest BCUT2D eigenvalue weighted by Crippen LogP contribution is -2.29. The third kappa shape index (κ3) is 4.74. The number of hydrogen-bond acceptors (Lipinski definition) is 6. The second-order valence-corrected chi connectivity index (χ2v) is 8.32. The first-order chi connectivity index (χ1) is 16.1. The Morgan fingerprint density at radius 1 is 1.29 bits per heavy atom. The number of nitrogens with zero attached hydrogens (tertiary/aromatic N) is 3. The number of hydrogen-bond donors (Lipinski definition) is 2. The molecule has 1 aliphatic heterocycles. The van der Waals surface area contributed by atoms with Crippen molar-refractivity contribution in [2.45, 2.75) is 32.5 Å². The first-order valence-corrected chi connectivity index (χ1v) is 10.7. The number of aliphatic hydroxyl groups is 1. The number of likely N-dealkylation sites (tertiary alicyclic amines) is 1. The minimum Gasteiger partial charge on any atom is -0.486 e. The maximum atomic E-state index is 13.7. The fraction of sp³-hybridized carbons (Fsp3) is 0.391. The van der Waals surface area contributed by atoms with Gasteiger partial charge >= 0.3 is 6.18 Å². The maximum absolute atomic E-state index is 13.7. The standard InChI is InChI=1S/C23H23F3N4O4/c1-12(17-9-18-20(27-13(2)28-21(18)32)29-19(17)23(24,25)26)34-16-5-3-15(4-6-16)22(33)30-8-7-14(10-30)11-31/h3-6,9,12,14,31H,7-8,10-11H2,1-2H3,(H,27,28,29,32). The monoisotopic (exact) mass is 476 g/mol. The molecule has 11 heteroatoms. The Hall–Kier alpha value is -3.47. The van der Waals surface area contributed by atoms with Crippen molar-refractivity contribution in [3.8, 4) is 5.75 Å². The topological polar surface area (TPSA) is 108 Å². The summed E-state index contributed by atoms with van der Waals surface area (Å²) < 4.78 is 46.9. The fourth-order valence-corrected chi connectivity index (χ4v) is 4.02. The summed E-state index contributed by atoms with van der Waals surface area (Å²) in [5.41, 5.74) is -1.95. The smallest absolute Gasteiger partial charge is 0.433 e. The Morgan fingerprint density at radius 3 is 2.62 bits per heavy atom. The molecular formula is C23H23F3N4O4. The van der Waals surface area contributed by atoms with E-state index in [1.54, 1.807) is 4.90 Å². The molecule has 180 valence electrons. The average Bonchev–Trinajstić information content (AvgIpc) is 3.27. The molecule has 1 saturated heterocycles. The number of nitrogens with one attached hydrogen (secondary N) is 1. The lowest BCUT2D eigenvalue weighted by Gasteiger charge is -2.20. The lowest BCUT2D eigenvalue weighted by molar-refractivity contribution is -0.142. The number of amides is 1. The summed E-state index contributed by atoms with van der Waals surface area (Å²) in [7, 11) is 0. The van der Waals surface area contributed by atoms with Gasteiger partial charge in [-0.1, -0.05) is 0 Å². The van der Waals surface area contributed by atoms with Crippen LogP contribution in [0.1, 0.15) is 46.9 Å². The average molecular weight is 476 g/mol. The number of carbonyl (C=O) groups is 1. The fourth-order valence-electron chi connectivity index (χ4n) is 4.02. The van der Waals surface area contributed by atoms with Gasteiger partial charge in [0.25, 0.3) is 11.5 Å². The summed E-state index contributed by atoms with van der Waals surface area (Å²) in [6.07, 6.45) is -5.14. The van der Waals surface area contributed by atoms with E-state index in [0.29, 0.717) is 18.7 Å². The number of ether oxygens (including phenoxy) is 1. The van der Waals surface area contributed by atoms with Crippen LogP contribution < -0.4 is 10.3 Å². The van der Waals surface area contributed by atoms with Gasteiger partial charge in [0.1, 0.15) is 17.7 Å². The molecular weight excluding hydrogens is 453 g/mol. The highest BCUT2D eigenvalue weighted by atomic mass is 19.4. The van der Waals surface area contributed by atoms with E-state index in [9.17, 15) is 27.9 Å². The van der Waals surface area contributed by atoms with Gasteiger partial charge in [-0.05, 0) is 50.6 Å². The number of aliphatic hydroxyl groups excluding tert-OH is 1. The summed E-state index contributed by atoms with van der Waals surface area (Å²) in [6, 6.07) is 7.18. The van der Waals surface area contributed by atoms with Crippen LogP contribution >= 0.6 is 0 Å². The lowest BCUT2D eigenvalue weighted by atomic mass is 10.1. The molecule has 0 bridgehead atoms.